The quantitative estimate of drug-likeness (QED) is 0.565. The molecule has 1 fully saturated rings. The van der Waals surface area contributed by atoms with Gasteiger partial charge in [-0.25, -0.2) is 4.39 Å². The molecule has 1 aliphatic heterocycles. The molecule has 5 nitrogen and oxygen atoms in total. The molecule has 1 N–H and O–H groups in total. The van der Waals surface area contributed by atoms with E-state index in [1.54, 1.807) is 35.1 Å². The van der Waals surface area contributed by atoms with Crippen LogP contribution in [-0.4, -0.2) is 35.8 Å². The van der Waals surface area contributed by atoms with E-state index in [2.05, 4.69) is 5.32 Å². The smallest absolute Gasteiger partial charge is 0.289 e. The number of furan rings is 1. The molecule has 1 aliphatic rings. The Morgan fingerprint density at radius 2 is 1.74 bits per heavy atom. The van der Waals surface area contributed by atoms with E-state index < -0.39 is 11.7 Å². The van der Waals surface area contributed by atoms with E-state index in [-0.39, 0.29) is 17.5 Å². The van der Waals surface area contributed by atoms with E-state index in [9.17, 15) is 14.0 Å². The molecule has 0 spiro atoms. The number of nitrogens with one attached hydrogen (secondary N) is 1. The number of carbonyl (C=O) groups is 2. The van der Waals surface area contributed by atoms with E-state index in [1.807, 2.05) is 36.4 Å². The van der Waals surface area contributed by atoms with E-state index in [0.29, 0.717) is 37.4 Å². The minimum atomic E-state index is -0.536. The lowest BCUT2D eigenvalue weighted by Gasteiger charge is -2.32. The second-order valence-corrected chi connectivity index (χ2v) is 8.45. The molecule has 31 heavy (non-hydrogen) atoms. The van der Waals surface area contributed by atoms with Crippen molar-refractivity contribution in [3.63, 3.8) is 0 Å². The lowest BCUT2D eigenvalue weighted by atomic mass is 10.0. The second-order valence-electron chi connectivity index (χ2n) is 7.40. The van der Waals surface area contributed by atoms with Crippen LogP contribution in [0.25, 0.3) is 0 Å². The van der Waals surface area contributed by atoms with Crippen LogP contribution in [-0.2, 0) is 5.75 Å². The Balaban J connectivity index is 1.31. The van der Waals surface area contributed by atoms with Gasteiger partial charge in [-0.1, -0.05) is 30.3 Å². The molecule has 7 heteroatoms. The highest BCUT2D eigenvalue weighted by Gasteiger charge is 2.28. The Morgan fingerprint density at radius 3 is 2.48 bits per heavy atom. The first-order valence-electron chi connectivity index (χ1n) is 10.2. The number of halogens is 1. The van der Waals surface area contributed by atoms with Crippen LogP contribution >= 0.6 is 11.8 Å². The highest BCUT2D eigenvalue weighted by Crippen LogP contribution is 2.26. The van der Waals surface area contributed by atoms with Crippen LogP contribution in [0.3, 0.4) is 0 Å². The molecule has 1 saturated heterocycles. The number of piperidine rings is 1. The van der Waals surface area contributed by atoms with Crippen molar-refractivity contribution in [1.82, 2.24) is 10.2 Å². The van der Waals surface area contributed by atoms with Gasteiger partial charge in [0.1, 0.15) is 5.82 Å². The number of likely N-dealkylation sites (tertiary alicyclic amines) is 1. The van der Waals surface area contributed by atoms with Crippen molar-refractivity contribution in [3.8, 4) is 0 Å². The van der Waals surface area contributed by atoms with Gasteiger partial charge in [-0.05, 0) is 43.2 Å². The summed E-state index contributed by atoms with van der Waals surface area (Å²) >= 11 is 1.65. The normalized spacial score (nSPS) is 14.4. The van der Waals surface area contributed by atoms with Crippen LogP contribution in [0.2, 0.25) is 0 Å². The second kappa shape index (κ2) is 9.83. The fourth-order valence-corrected chi connectivity index (χ4v) is 4.49. The molecule has 3 aromatic rings. The maximum Gasteiger partial charge on any atom is 0.289 e. The van der Waals surface area contributed by atoms with Gasteiger partial charge in [-0.15, -0.1) is 11.8 Å². The summed E-state index contributed by atoms with van der Waals surface area (Å²) in [4.78, 5) is 28.2. The summed E-state index contributed by atoms with van der Waals surface area (Å²) < 4.78 is 19.3. The zero-order valence-corrected chi connectivity index (χ0v) is 17.7. The molecule has 0 saturated carbocycles. The SMILES string of the molecule is O=C(NC1CCN(C(=O)c2occc2CSc2ccccc2)CC1)c1ccccc1F. The predicted octanol–water partition coefficient (Wildman–Crippen LogP) is 4.75. The molecule has 2 aromatic carbocycles. The van der Waals surface area contributed by atoms with Crippen LogP contribution < -0.4 is 5.32 Å². The third kappa shape index (κ3) is 5.17. The number of thioether (sulfide) groups is 1. The van der Waals surface area contributed by atoms with Crippen molar-refractivity contribution >= 4 is 23.6 Å². The number of carbonyl (C=O) groups excluding carboxylic acids is 2. The van der Waals surface area contributed by atoms with E-state index >= 15 is 0 Å². The van der Waals surface area contributed by atoms with Gasteiger partial charge in [-0.2, -0.15) is 0 Å². The van der Waals surface area contributed by atoms with Crippen molar-refractivity contribution in [2.24, 2.45) is 0 Å². The molecule has 0 bridgehead atoms. The highest BCUT2D eigenvalue weighted by atomic mass is 32.2. The summed E-state index contributed by atoms with van der Waals surface area (Å²) in [6.45, 7) is 1.01. The third-order valence-corrected chi connectivity index (χ3v) is 6.38. The number of nitrogens with zero attached hydrogens (tertiary/aromatic N) is 1. The summed E-state index contributed by atoms with van der Waals surface area (Å²) in [6.07, 6.45) is 2.77. The number of benzene rings is 2. The van der Waals surface area contributed by atoms with Gasteiger partial charge >= 0.3 is 0 Å². The summed E-state index contributed by atoms with van der Waals surface area (Å²) in [7, 11) is 0. The molecule has 0 atom stereocenters. The topological polar surface area (TPSA) is 62.6 Å². The Labute approximate surface area is 184 Å². The Hall–Kier alpha value is -3.06. The van der Waals surface area contributed by atoms with E-state index in [0.717, 1.165) is 10.5 Å². The van der Waals surface area contributed by atoms with Gasteiger partial charge in [0, 0.05) is 35.3 Å². The minimum absolute atomic E-state index is 0.0390. The first kappa shape index (κ1) is 21.2. The number of hydrogen-bond donors (Lipinski definition) is 1. The lowest BCUT2D eigenvalue weighted by molar-refractivity contribution is 0.0666. The molecule has 1 aromatic heterocycles. The zero-order chi connectivity index (χ0) is 21.6. The van der Waals surface area contributed by atoms with E-state index in [4.69, 9.17) is 4.42 Å². The lowest BCUT2D eigenvalue weighted by Crippen LogP contribution is -2.46. The molecule has 160 valence electrons. The third-order valence-electron chi connectivity index (χ3n) is 5.31. The Morgan fingerprint density at radius 1 is 1.03 bits per heavy atom. The van der Waals surface area contributed by atoms with E-state index in [1.165, 1.54) is 12.1 Å². The maximum atomic E-state index is 13.8. The molecule has 4 rings (SSSR count). The van der Waals surface area contributed by atoms with Gasteiger partial charge < -0.3 is 14.6 Å². The summed E-state index contributed by atoms with van der Waals surface area (Å²) in [5, 5.41) is 2.88. The fraction of sp³-hybridized carbons (Fsp3) is 0.250. The fourth-order valence-electron chi connectivity index (χ4n) is 3.59. The molecular weight excluding hydrogens is 415 g/mol. The summed E-state index contributed by atoms with van der Waals surface area (Å²) in [5.41, 5.74) is 0.908. The van der Waals surface area contributed by atoms with Gasteiger partial charge in [0.25, 0.3) is 11.8 Å². The monoisotopic (exact) mass is 438 g/mol. The van der Waals surface area contributed by atoms with Gasteiger partial charge in [0.2, 0.25) is 0 Å². The molecule has 0 radical (unpaired) electrons. The molecule has 2 heterocycles. The van der Waals surface area contributed by atoms with Gasteiger partial charge in [-0.3, -0.25) is 9.59 Å². The zero-order valence-electron chi connectivity index (χ0n) is 16.9. The Kier molecular flexibility index (Phi) is 6.72. The average molecular weight is 439 g/mol. The van der Waals surface area contributed by atoms with Crippen molar-refractivity contribution in [2.75, 3.05) is 13.1 Å². The standard InChI is InChI=1S/C24H23FN2O3S/c25-21-9-5-4-8-20(21)23(28)26-18-10-13-27(14-11-18)24(29)22-17(12-15-30-22)16-31-19-6-2-1-3-7-19/h1-9,12,15,18H,10-11,13-14,16H2,(H,26,28). The van der Waals surface area contributed by atoms with Crippen LogP contribution in [0, 0.1) is 5.82 Å². The van der Waals surface area contributed by atoms with Crippen LogP contribution in [0.5, 0.6) is 0 Å². The Bertz CT molecular complexity index is 1050. The van der Waals surface area contributed by atoms with Crippen molar-refractivity contribution in [2.45, 2.75) is 29.5 Å². The predicted molar refractivity (Wildman–Crippen MR) is 118 cm³/mol. The van der Waals surface area contributed by atoms with Crippen LogP contribution in [0.1, 0.15) is 39.3 Å². The van der Waals surface area contributed by atoms with Gasteiger partial charge in [0.05, 0.1) is 11.8 Å². The molecular formula is C24H23FN2O3S. The van der Waals surface area contributed by atoms with Gasteiger partial charge in [0.15, 0.2) is 5.76 Å². The first-order chi connectivity index (χ1) is 15.1. The number of amides is 2. The maximum absolute atomic E-state index is 13.8. The number of rotatable bonds is 6. The molecule has 0 aliphatic carbocycles. The summed E-state index contributed by atoms with van der Waals surface area (Å²) in [5.74, 6) is -0.0678. The van der Waals surface area contributed by atoms with Crippen molar-refractivity contribution < 1.29 is 18.4 Å². The number of hydrogen-bond acceptors (Lipinski definition) is 4. The molecule has 2 amide bonds. The minimum Gasteiger partial charge on any atom is -0.459 e. The van der Waals surface area contributed by atoms with Crippen molar-refractivity contribution in [1.29, 1.82) is 0 Å². The van der Waals surface area contributed by atoms with Crippen molar-refractivity contribution in [3.05, 3.63) is 89.6 Å². The van der Waals surface area contributed by atoms with Crippen LogP contribution in [0.4, 0.5) is 4.39 Å². The van der Waals surface area contributed by atoms with Crippen LogP contribution in [0.15, 0.2) is 76.2 Å². The first-order valence-corrected chi connectivity index (χ1v) is 11.2. The average Bonchev–Trinajstić information content (AvgIpc) is 3.27. The highest BCUT2D eigenvalue weighted by molar-refractivity contribution is 7.98. The largest absolute Gasteiger partial charge is 0.459 e. The molecule has 0 unspecified atom stereocenters. The summed E-state index contributed by atoms with van der Waals surface area (Å²) in [6, 6.07) is 17.7.